The molecule has 1 aromatic carbocycles. The Bertz CT molecular complexity index is 1090. The summed E-state index contributed by atoms with van der Waals surface area (Å²) >= 11 is 0. The van der Waals surface area contributed by atoms with Gasteiger partial charge in [-0.1, -0.05) is 18.6 Å². The van der Waals surface area contributed by atoms with Crippen molar-refractivity contribution in [3.05, 3.63) is 46.4 Å². The fourth-order valence-electron chi connectivity index (χ4n) is 4.81. The van der Waals surface area contributed by atoms with E-state index in [4.69, 9.17) is 0 Å². The maximum Gasteiger partial charge on any atom is 0.273 e. The van der Waals surface area contributed by atoms with Crippen molar-refractivity contribution in [3.63, 3.8) is 0 Å². The molecule has 7 heteroatoms. The predicted octanol–water partition coefficient (Wildman–Crippen LogP) is 1.31. The van der Waals surface area contributed by atoms with Gasteiger partial charge in [-0.25, -0.2) is 4.52 Å². The monoisotopic (exact) mass is 410 g/mol. The van der Waals surface area contributed by atoms with Crippen LogP contribution in [0.5, 0.6) is 0 Å². The third-order valence-electron chi connectivity index (χ3n) is 6.41. The molecule has 1 atom stereocenters. The van der Waals surface area contributed by atoms with Gasteiger partial charge in [0.15, 0.2) is 5.65 Å². The van der Waals surface area contributed by atoms with E-state index in [-0.39, 0.29) is 18.0 Å². The molecule has 1 unspecified atom stereocenters. The largest absolute Gasteiger partial charge is 0.354 e. The van der Waals surface area contributed by atoms with Crippen molar-refractivity contribution in [1.82, 2.24) is 19.5 Å². The summed E-state index contributed by atoms with van der Waals surface area (Å²) in [6, 6.07) is 10.0. The molecule has 1 aliphatic rings. The Labute approximate surface area is 176 Å². The summed E-state index contributed by atoms with van der Waals surface area (Å²) in [6.45, 7) is 3.84. The first-order valence-corrected chi connectivity index (χ1v) is 11.1. The maximum absolute atomic E-state index is 12.7. The van der Waals surface area contributed by atoms with Crippen molar-refractivity contribution in [1.29, 1.82) is 0 Å². The Morgan fingerprint density at radius 3 is 2.80 bits per heavy atom. The topological polar surface area (TPSA) is 72.8 Å². The lowest BCUT2D eigenvalue weighted by atomic mass is 9.94. The van der Waals surface area contributed by atoms with Gasteiger partial charge < -0.3 is 10.2 Å². The molecule has 0 radical (unpaired) electrons. The van der Waals surface area contributed by atoms with Crippen LogP contribution in [0.1, 0.15) is 44.2 Å². The molecule has 1 saturated carbocycles. The van der Waals surface area contributed by atoms with Crippen LogP contribution < -0.4 is 15.8 Å². The lowest BCUT2D eigenvalue weighted by molar-refractivity contribution is -0.907. The van der Waals surface area contributed by atoms with Crippen molar-refractivity contribution >= 4 is 22.5 Å². The molecule has 0 aliphatic heterocycles. The van der Waals surface area contributed by atoms with Crippen LogP contribution in [-0.2, 0) is 11.3 Å². The highest BCUT2D eigenvalue weighted by molar-refractivity contribution is 5.93. The number of carbonyl (C=O) groups excluding carboxylic acids is 1. The van der Waals surface area contributed by atoms with Gasteiger partial charge in [0.25, 0.3) is 5.56 Å². The van der Waals surface area contributed by atoms with E-state index in [1.165, 1.54) is 38.2 Å². The molecule has 2 aromatic heterocycles. The number of aromatic nitrogens is 3. The summed E-state index contributed by atoms with van der Waals surface area (Å²) in [5.41, 5.74) is 2.01. The first-order valence-electron chi connectivity index (χ1n) is 11.1. The minimum atomic E-state index is -0.260. The van der Waals surface area contributed by atoms with Crippen molar-refractivity contribution in [2.45, 2.75) is 58.0 Å². The van der Waals surface area contributed by atoms with Gasteiger partial charge in [-0.2, -0.15) is 4.98 Å². The molecule has 4 rings (SSSR count). The lowest BCUT2D eigenvalue weighted by Gasteiger charge is -2.28. The number of carbonyl (C=O) groups is 1. The Kier molecular flexibility index (Phi) is 6.18. The highest BCUT2D eigenvalue weighted by Gasteiger charge is 2.21. The SMILES string of the molecule is Cc1cc(=O)nc2c3ccccc3n(CC(=O)NCCC[NH+](C)C3CCCCC3)n12. The van der Waals surface area contributed by atoms with Gasteiger partial charge in [0.05, 0.1) is 25.2 Å². The third-order valence-corrected chi connectivity index (χ3v) is 6.41. The molecule has 0 spiro atoms. The van der Waals surface area contributed by atoms with E-state index in [0.29, 0.717) is 12.2 Å². The Balaban J connectivity index is 1.41. The zero-order valence-electron chi connectivity index (χ0n) is 18.0. The van der Waals surface area contributed by atoms with Crippen LogP contribution in [0.15, 0.2) is 35.1 Å². The summed E-state index contributed by atoms with van der Waals surface area (Å²) in [7, 11) is 2.28. The van der Waals surface area contributed by atoms with Crippen LogP contribution >= 0.6 is 0 Å². The van der Waals surface area contributed by atoms with Gasteiger partial charge in [-0.3, -0.25) is 14.3 Å². The second kappa shape index (κ2) is 9.00. The maximum atomic E-state index is 12.7. The van der Waals surface area contributed by atoms with Crippen LogP contribution in [0.25, 0.3) is 16.6 Å². The molecule has 30 heavy (non-hydrogen) atoms. The first-order chi connectivity index (χ1) is 14.5. The normalized spacial score (nSPS) is 16.2. The van der Waals surface area contributed by atoms with Crippen molar-refractivity contribution in [2.75, 3.05) is 20.1 Å². The summed E-state index contributed by atoms with van der Waals surface area (Å²) in [5, 5.41) is 3.95. The Morgan fingerprint density at radius 1 is 1.23 bits per heavy atom. The van der Waals surface area contributed by atoms with Crippen LogP contribution in [0.3, 0.4) is 0 Å². The number of nitrogens with one attached hydrogen (secondary N) is 2. The fraction of sp³-hybridized carbons (Fsp3) is 0.522. The molecule has 0 bridgehead atoms. The van der Waals surface area contributed by atoms with Gasteiger partial charge in [0.1, 0.15) is 6.54 Å². The van der Waals surface area contributed by atoms with Gasteiger partial charge >= 0.3 is 0 Å². The molecule has 2 N–H and O–H groups in total. The molecular formula is C23H32N5O2+. The summed E-state index contributed by atoms with van der Waals surface area (Å²) in [4.78, 5) is 30.4. The van der Waals surface area contributed by atoms with E-state index in [9.17, 15) is 9.59 Å². The number of amides is 1. The van der Waals surface area contributed by atoms with Gasteiger partial charge in [0.2, 0.25) is 5.91 Å². The quantitative estimate of drug-likeness (QED) is 0.577. The van der Waals surface area contributed by atoms with E-state index in [1.807, 2.05) is 40.4 Å². The van der Waals surface area contributed by atoms with Crippen LogP contribution in [-0.4, -0.2) is 46.3 Å². The molecule has 2 heterocycles. The van der Waals surface area contributed by atoms with Gasteiger partial charge in [0, 0.05) is 30.1 Å². The number of quaternary nitrogens is 1. The van der Waals surface area contributed by atoms with E-state index < -0.39 is 0 Å². The summed E-state index contributed by atoms with van der Waals surface area (Å²) < 4.78 is 3.77. The van der Waals surface area contributed by atoms with E-state index in [2.05, 4.69) is 17.3 Å². The first kappa shape index (κ1) is 20.6. The molecule has 1 amide bonds. The lowest BCUT2D eigenvalue weighted by Crippen LogP contribution is -3.13. The average molecular weight is 411 g/mol. The number of rotatable bonds is 7. The third kappa shape index (κ3) is 4.26. The zero-order valence-corrected chi connectivity index (χ0v) is 18.0. The molecule has 3 aromatic rings. The Morgan fingerprint density at radius 2 is 2.00 bits per heavy atom. The number of hydrogen-bond acceptors (Lipinski definition) is 3. The number of hydrogen-bond donors (Lipinski definition) is 2. The smallest absolute Gasteiger partial charge is 0.273 e. The van der Waals surface area contributed by atoms with Crippen LogP contribution in [0.4, 0.5) is 0 Å². The predicted molar refractivity (Wildman–Crippen MR) is 118 cm³/mol. The number of benzene rings is 1. The minimum Gasteiger partial charge on any atom is -0.354 e. The van der Waals surface area contributed by atoms with Crippen molar-refractivity contribution in [2.24, 2.45) is 0 Å². The highest BCUT2D eigenvalue weighted by atomic mass is 16.2. The number of para-hydroxylation sites is 1. The number of nitrogens with zero attached hydrogens (tertiary/aromatic N) is 3. The second-order valence-electron chi connectivity index (χ2n) is 8.58. The summed E-state index contributed by atoms with van der Waals surface area (Å²) in [5.74, 6) is -0.0222. The number of aryl methyl sites for hydroxylation is 1. The van der Waals surface area contributed by atoms with Gasteiger partial charge in [-0.05, 0) is 44.7 Å². The average Bonchev–Trinajstić information content (AvgIpc) is 3.05. The fourth-order valence-corrected chi connectivity index (χ4v) is 4.81. The number of fused-ring (bicyclic) bond motifs is 3. The van der Waals surface area contributed by atoms with E-state index in [1.54, 1.807) is 4.90 Å². The molecule has 7 nitrogen and oxygen atoms in total. The molecule has 1 fully saturated rings. The van der Waals surface area contributed by atoms with Crippen molar-refractivity contribution in [3.8, 4) is 0 Å². The summed E-state index contributed by atoms with van der Waals surface area (Å²) in [6.07, 6.45) is 7.75. The molecule has 0 saturated heterocycles. The molecule has 160 valence electrons. The van der Waals surface area contributed by atoms with E-state index in [0.717, 1.165) is 35.6 Å². The molecular weight excluding hydrogens is 378 g/mol. The van der Waals surface area contributed by atoms with Crippen molar-refractivity contribution < 1.29 is 9.69 Å². The molecule has 1 aliphatic carbocycles. The van der Waals surface area contributed by atoms with Crippen LogP contribution in [0, 0.1) is 6.92 Å². The minimum absolute atomic E-state index is 0.0222. The zero-order chi connectivity index (χ0) is 21.1. The standard InChI is InChI=1S/C23H31N5O2/c1-17-15-21(29)25-23-19-11-6-7-12-20(19)27(28(17)23)16-22(30)24-13-8-14-26(2)18-9-4-3-5-10-18/h6-7,11-12,15,18H,3-5,8-10,13-14,16H2,1-2H3,(H,24,30)/p+1. The van der Waals surface area contributed by atoms with Crippen LogP contribution in [0.2, 0.25) is 0 Å². The highest BCUT2D eigenvalue weighted by Crippen LogP contribution is 2.21. The van der Waals surface area contributed by atoms with Gasteiger partial charge in [-0.15, -0.1) is 0 Å². The Hall–Kier alpha value is -2.67. The second-order valence-corrected chi connectivity index (χ2v) is 8.58. The van der Waals surface area contributed by atoms with E-state index >= 15 is 0 Å².